The van der Waals surface area contributed by atoms with Gasteiger partial charge in [-0.15, -0.1) is 0 Å². The van der Waals surface area contributed by atoms with Crippen LogP contribution in [0.1, 0.15) is 323 Å². The highest BCUT2D eigenvalue weighted by Crippen LogP contribution is 2.43. The molecule has 3 unspecified atom stereocenters. The standard InChI is InChI=1S/C62H123N2O7P/c1-7-10-13-16-19-22-25-27-29-30-31-32-33-34-35-37-40-43-46-49-52-55-62(66)71-60(53-50-47-44-41-38-24-21-18-15-12-9-3)59(58-70-72(67,68)69-57-56-64(4,5)6)63-61(65)54-51-48-45-42-39-36-28-26-23-20-17-14-11-8-2/h50,53,59-60H,7-49,51-52,54-58H2,1-6H3,(H-,63,65,67,68)/p+1/b53-50-. The van der Waals surface area contributed by atoms with Crippen LogP contribution in [0.5, 0.6) is 0 Å². The highest BCUT2D eigenvalue weighted by atomic mass is 31.2. The summed E-state index contributed by atoms with van der Waals surface area (Å²) in [5.74, 6) is -0.484. The number of nitrogens with one attached hydrogen (secondary N) is 1. The van der Waals surface area contributed by atoms with E-state index in [1.54, 1.807) is 0 Å². The summed E-state index contributed by atoms with van der Waals surface area (Å²) in [7, 11) is 1.52. The molecule has 1 amide bonds. The van der Waals surface area contributed by atoms with E-state index in [-0.39, 0.29) is 25.1 Å². The zero-order valence-electron chi connectivity index (χ0n) is 49.0. The van der Waals surface area contributed by atoms with Gasteiger partial charge >= 0.3 is 13.8 Å². The quantitative estimate of drug-likeness (QED) is 0.0205. The van der Waals surface area contributed by atoms with Crippen molar-refractivity contribution in [2.75, 3.05) is 40.9 Å². The van der Waals surface area contributed by atoms with E-state index < -0.39 is 20.0 Å². The lowest BCUT2D eigenvalue weighted by Gasteiger charge is -2.27. The average molecular weight is 1040 g/mol. The summed E-state index contributed by atoms with van der Waals surface area (Å²) < 4.78 is 30.7. The van der Waals surface area contributed by atoms with Crippen molar-refractivity contribution in [3.63, 3.8) is 0 Å². The number of likely N-dealkylation sites (N-methyl/N-ethyl adjacent to an activating group) is 1. The maximum absolute atomic E-state index is 13.5. The Morgan fingerprint density at radius 2 is 0.792 bits per heavy atom. The van der Waals surface area contributed by atoms with Gasteiger partial charge in [-0.05, 0) is 31.8 Å². The van der Waals surface area contributed by atoms with E-state index in [1.807, 2.05) is 33.3 Å². The fourth-order valence-corrected chi connectivity index (χ4v) is 10.3. The first-order valence-corrected chi connectivity index (χ1v) is 33.0. The van der Waals surface area contributed by atoms with Gasteiger partial charge in [-0.1, -0.05) is 290 Å². The second-order valence-electron chi connectivity index (χ2n) is 23.0. The minimum absolute atomic E-state index is 0.0456. The summed E-state index contributed by atoms with van der Waals surface area (Å²) >= 11 is 0. The molecule has 428 valence electrons. The van der Waals surface area contributed by atoms with Crippen LogP contribution in [-0.2, 0) is 27.9 Å². The summed E-state index contributed by atoms with van der Waals surface area (Å²) in [6, 6.07) is -0.838. The van der Waals surface area contributed by atoms with Crippen LogP contribution in [-0.4, -0.2) is 74.3 Å². The lowest BCUT2D eigenvalue weighted by atomic mass is 10.0. The molecule has 72 heavy (non-hydrogen) atoms. The van der Waals surface area contributed by atoms with Crippen LogP contribution in [0.25, 0.3) is 0 Å². The molecule has 0 radical (unpaired) electrons. The number of ether oxygens (including phenoxy) is 1. The number of esters is 1. The minimum atomic E-state index is -4.44. The van der Waals surface area contributed by atoms with Crippen molar-refractivity contribution in [2.45, 2.75) is 335 Å². The summed E-state index contributed by atoms with van der Waals surface area (Å²) in [5, 5.41) is 3.06. The van der Waals surface area contributed by atoms with E-state index in [0.29, 0.717) is 23.9 Å². The number of carbonyl (C=O) groups excluding carboxylic acids is 2. The van der Waals surface area contributed by atoms with E-state index >= 15 is 0 Å². The maximum Gasteiger partial charge on any atom is 0.472 e. The zero-order chi connectivity index (χ0) is 52.9. The fourth-order valence-electron chi connectivity index (χ4n) is 9.59. The second-order valence-corrected chi connectivity index (χ2v) is 24.4. The predicted molar refractivity (Wildman–Crippen MR) is 310 cm³/mol. The van der Waals surface area contributed by atoms with Gasteiger partial charge < -0.3 is 19.4 Å². The first kappa shape index (κ1) is 70.8. The molecule has 3 atom stereocenters. The molecule has 0 aliphatic rings. The summed E-state index contributed by atoms with van der Waals surface area (Å²) in [6.45, 7) is 7.06. The van der Waals surface area contributed by atoms with Gasteiger partial charge in [0.1, 0.15) is 19.3 Å². The van der Waals surface area contributed by atoms with Crippen molar-refractivity contribution in [3.8, 4) is 0 Å². The largest absolute Gasteiger partial charge is 0.472 e. The lowest BCUT2D eigenvalue weighted by molar-refractivity contribution is -0.870. The fraction of sp³-hybridized carbons (Fsp3) is 0.935. The first-order chi connectivity index (χ1) is 34.9. The molecule has 0 fully saturated rings. The van der Waals surface area contributed by atoms with Gasteiger partial charge in [0, 0.05) is 12.8 Å². The van der Waals surface area contributed by atoms with E-state index in [0.717, 1.165) is 57.8 Å². The molecular weight excluding hydrogens is 916 g/mol. The third-order valence-corrected chi connectivity index (χ3v) is 15.5. The minimum Gasteiger partial charge on any atom is -0.456 e. The van der Waals surface area contributed by atoms with Crippen molar-refractivity contribution in [2.24, 2.45) is 0 Å². The molecule has 0 aromatic carbocycles. The molecule has 0 bridgehead atoms. The molecule has 0 aromatic rings. The molecule has 0 saturated carbocycles. The Hall–Kier alpha value is -1.25. The third-order valence-electron chi connectivity index (χ3n) is 14.5. The molecule has 2 N–H and O–H groups in total. The number of allylic oxidation sites excluding steroid dienone is 1. The second kappa shape index (κ2) is 53.2. The van der Waals surface area contributed by atoms with Crippen LogP contribution in [0.15, 0.2) is 12.2 Å². The van der Waals surface area contributed by atoms with E-state index in [4.69, 9.17) is 13.8 Å². The number of hydrogen-bond donors (Lipinski definition) is 2. The molecule has 0 aliphatic heterocycles. The number of rotatable bonds is 58. The molecular formula is C62H124N2O7P+. The molecule has 0 aromatic heterocycles. The van der Waals surface area contributed by atoms with Gasteiger partial charge in [-0.25, -0.2) is 4.57 Å². The summed E-state index contributed by atoms with van der Waals surface area (Å²) in [4.78, 5) is 37.6. The maximum atomic E-state index is 13.5. The Balaban J connectivity index is 5.11. The predicted octanol–water partition coefficient (Wildman–Crippen LogP) is 19.2. The monoisotopic (exact) mass is 1040 g/mol. The van der Waals surface area contributed by atoms with Gasteiger partial charge in [0.25, 0.3) is 0 Å². The van der Waals surface area contributed by atoms with E-state index in [1.165, 1.54) is 231 Å². The SMILES string of the molecule is CCCCCCCCCCC/C=C\C(OC(=O)CCCCCCCCCCCCCCCCCCCCCCC)C(COP(=O)(O)OCC[N+](C)(C)C)NC(=O)CCCCCCCCCCCCCCCC. The highest BCUT2D eigenvalue weighted by molar-refractivity contribution is 7.47. The van der Waals surface area contributed by atoms with Gasteiger partial charge in [-0.3, -0.25) is 18.6 Å². The van der Waals surface area contributed by atoms with Crippen LogP contribution in [0.4, 0.5) is 0 Å². The summed E-state index contributed by atoms with van der Waals surface area (Å²) in [5.41, 5.74) is 0. The Morgan fingerprint density at radius 1 is 0.472 bits per heavy atom. The van der Waals surface area contributed by atoms with Gasteiger partial charge in [0.2, 0.25) is 5.91 Å². The van der Waals surface area contributed by atoms with Crippen molar-refractivity contribution < 1.29 is 37.3 Å². The van der Waals surface area contributed by atoms with E-state index in [9.17, 15) is 19.0 Å². The number of phosphoric ester groups is 1. The van der Waals surface area contributed by atoms with Crippen LogP contribution in [0, 0.1) is 0 Å². The Morgan fingerprint density at radius 3 is 1.14 bits per heavy atom. The summed E-state index contributed by atoms with van der Waals surface area (Å²) in [6.07, 6.45) is 60.7. The van der Waals surface area contributed by atoms with E-state index in [2.05, 4.69) is 26.1 Å². The van der Waals surface area contributed by atoms with Crippen molar-refractivity contribution >= 4 is 19.7 Å². The lowest BCUT2D eigenvalue weighted by Crippen LogP contribution is -2.47. The average Bonchev–Trinajstić information content (AvgIpc) is 3.34. The molecule has 0 aliphatic carbocycles. The molecule has 10 heteroatoms. The number of carbonyl (C=O) groups is 2. The molecule has 0 rings (SSSR count). The van der Waals surface area contributed by atoms with Crippen LogP contribution in [0.2, 0.25) is 0 Å². The Labute approximate surface area is 448 Å². The smallest absolute Gasteiger partial charge is 0.456 e. The Bertz CT molecular complexity index is 1240. The number of nitrogens with zero attached hydrogens (tertiary/aromatic N) is 1. The zero-order valence-corrected chi connectivity index (χ0v) is 49.9. The molecule has 0 spiro atoms. The molecule has 0 heterocycles. The Kier molecular flexibility index (Phi) is 52.2. The molecule has 9 nitrogen and oxygen atoms in total. The number of quaternary nitrogens is 1. The number of unbranched alkanes of at least 4 members (excludes halogenated alkanes) is 42. The molecule has 0 saturated heterocycles. The number of amides is 1. The number of hydrogen-bond acceptors (Lipinski definition) is 6. The topological polar surface area (TPSA) is 111 Å². The van der Waals surface area contributed by atoms with Crippen molar-refractivity contribution in [3.05, 3.63) is 12.2 Å². The van der Waals surface area contributed by atoms with Crippen molar-refractivity contribution in [1.82, 2.24) is 5.32 Å². The van der Waals surface area contributed by atoms with Crippen LogP contribution in [0.3, 0.4) is 0 Å². The van der Waals surface area contributed by atoms with Crippen LogP contribution >= 0.6 is 7.82 Å². The van der Waals surface area contributed by atoms with Gasteiger partial charge in [-0.2, -0.15) is 0 Å². The van der Waals surface area contributed by atoms with Crippen molar-refractivity contribution in [1.29, 1.82) is 0 Å². The van der Waals surface area contributed by atoms with Gasteiger partial charge in [0.05, 0.1) is 33.8 Å². The normalized spacial score (nSPS) is 13.7. The highest BCUT2D eigenvalue weighted by Gasteiger charge is 2.30. The number of phosphoric acid groups is 1. The first-order valence-electron chi connectivity index (χ1n) is 31.5. The van der Waals surface area contributed by atoms with Gasteiger partial charge in [0.15, 0.2) is 0 Å². The van der Waals surface area contributed by atoms with Crippen LogP contribution < -0.4 is 5.32 Å². The third kappa shape index (κ3) is 53.6.